The largest absolute Gasteiger partial charge is 0.264 e. The van der Waals surface area contributed by atoms with Crippen LogP contribution in [-0.4, -0.2) is 18.2 Å². The maximum Gasteiger partial charge on any atom is 0.264 e. The van der Waals surface area contributed by atoms with Gasteiger partial charge in [0.25, 0.3) is 9.05 Å². The topological polar surface area (TPSA) is 52.0 Å². The number of halogens is 2. The lowest BCUT2D eigenvalue weighted by atomic mass is 10.3. The molecule has 1 aromatic heterocycles. The number of rotatable bonds is 2. The van der Waals surface area contributed by atoms with Crippen molar-refractivity contribution < 1.29 is 8.42 Å². The van der Waals surface area contributed by atoms with E-state index in [0.717, 1.165) is 10.2 Å². The number of hydrogen-bond donors (Lipinski definition) is 0. The summed E-state index contributed by atoms with van der Waals surface area (Å²) in [4.78, 5) is 0.0270. The van der Waals surface area contributed by atoms with Crippen LogP contribution in [0, 0.1) is 6.92 Å². The minimum atomic E-state index is -3.75. The highest BCUT2D eigenvalue weighted by Gasteiger charge is 2.18. The van der Waals surface area contributed by atoms with E-state index in [9.17, 15) is 8.42 Å². The zero-order valence-corrected chi connectivity index (χ0v) is 11.9. The highest BCUT2D eigenvalue weighted by molar-refractivity contribution is 9.10. The molecule has 0 fully saturated rings. The molecule has 0 N–H and O–H groups in total. The van der Waals surface area contributed by atoms with Gasteiger partial charge in [-0.2, -0.15) is 5.10 Å². The van der Waals surface area contributed by atoms with Gasteiger partial charge in [0.05, 0.1) is 17.6 Å². The summed E-state index contributed by atoms with van der Waals surface area (Å²) in [6.45, 7) is 1.66. The standard InChI is InChI=1S/C10H8BrClN2O2S/c1-7-10(17(12,15)16)6-13-14(7)9-4-2-3-8(11)5-9/h2-6H,1H3. The highest BCUT2D eigenvalue weighted by atomic mass is 79.9. The fourth-order valence-corrected chi connectivity index (χ4v) is 2.96. The van der Waals surface area contributed by atoms with Crippen molar-refractivity contribution in [1.82, 2.24) is 9.78 Å². The van der Waals surface area contributed by atoms with E-state index in [4.69, 9.17) is 10.7 Å². The third-order valence-electron chi connectivity index (χ3n) is 2.28. The number of nitrogens with zero attached hydrogens (tertiary/aromatic N) is 2. The summed E-state index contributed by atoms with van der Waals surface area (Å²) in [6.07, 6.45) is 1.25. The Morgan fingerprint density at radius 3 is 2.65 bits per heavy atom. The molecule has 4 nitrogen and oxygen atoms in total. The monoisotopic (exact) mass is 334 g/mol. The Bertz CT molecular complexity index is 667. The van der Waals surface area contributed by atoms with Crippen LogP contribution in [0.2, 0.25) is 0 Å². The quantitative estimate of drug-likeness (QED) is 0.793. The SMILES string of the molecule is Cc1c(S(=O)(=O)Cl)cnn1-c1cccc(Br)c1. The molecule has 0 saturated carbocycles. The van der Waals surface area contributed by atoms with Crippen molar-refractivity contribution in [3.63, 3.8) is 0 Å². The van der Waals surface area contributed by atoms with Crippen molar-refractivity contribution in [2.45, 2.75) is 11.8 Å². The Balaban J connectivity index is 2.60. The molecular weight excluding hydrogens is 328 g/mol. The van der Waals surface area contributed by atoms with E-state index in [2.05, 4.69) is 21.0 Å². The van der Waals surface area contributed by atoms with Crippen molar-refractivity contribution in [1.29, 1.82) is 0 Å². The van der Waals surface area contributed by atoms with Gasteiger partial charge in [0, 0.05) is 15.2 Å². The molecular formula is C10H8BrClN2O2S. The molecule has 17 heavy (non-hydrogen) atoms. The van der Waals surface area contributed by atoms with E-state index < -0.39 is 9.05 Å². The van der Waals surface area contributed by atoms with Crippen LogP contribution in [0.1, 0.15) is 5.69 Å². The van der Waals surface area contributed by atoms with Gasteiger partial charge in [-0.15, -0.1) is 0 Å². The van der Waals surface area contributed by atoms with Crippen LogP contribution >= 0.6 is 26.6 Å². The van der Waals surface area contributed by atoms with Gasteiger partial charge in [0.2, 0.25) is 0 Å². The molecule has 1 heterocycles. The van der Waals surface area contributed by atoms with Gasteiger partial charge in [0.15, 0.2) is 0 Å². The molecule has 1 aromatic carbocycles. The first-order valence-corrected chi connectivity index (χ1v) is 7.75. The second kappa shape index (κ2) is 4.44. The Hall–Kier alpha value is -0.850. The van der Waals surface area contributed by atoms with Crippen LogP contribution in [0.25, 0.3) is 5.69 Å². The molecule has 0 unspecified atom stereocenters. The molecule has 2 rings (SSSR count). The summed E-state index contributed by atoms with van der Waals surface area (Å²) < 4.78 is 25.0. The predicted molar refractivity (Wildman–Crippen MR) is 69.0 cm³/mol. The number of aromatic nitrogens is 2. The van der Waals surface area contributed by atoms with Crippen LogP contribution < -0.4 is 0 Å². The highest BCUT2D eigenvalue weighted by Crippen LogP contribution is 2.22. The Morgan fingerprint density at radius 2 is 2.12 bits per heavy atom. The summed E-state index contributed by atoms with van der Waals surface area (Å²) in [6, 6.07) is 7.39. The molecule has 7 heteroatoms. The zero-order valence-electron chi connectivity index (χ0n) is 8.76. The normalized spacial score (nSPS) is 11.7. The summed E-state index contributed by atoms with van der Waals surface area (Å²) in [7, 11) is 1.55. The van der Waals surface area contributed by atoms with E-state index >= 15 is 0 Å². The van der Waals surface area contributed by atoms with Crippen LogP contribution in [-0.2, 0) is 9.05 Å². The fraction of sp³-hybridized carbons (Fsp3) is 0.100. The van der Waals surface area contributed by atoms with E-state index in [0.29, 0.717) is 5.69 Å². The van der Waals surface area contributed by atoms with Crippen molar-refractivity contribution in [2.24, 2.45) is 0 Å². The van der Waals surface area contributed by atoms with Crippen molar-refractivity contribution in [3.8, 4) is 5.69 Å². The first-order valence-electron chi connectivity index (χ1n) is 4.65. The summed E-state index contributed by atoms with van der Waals surface area (Å²) in [5, 5.41) is 4.03. The van der Waals surface area contributed by atoms with Crippen molar-refractivity contribution in [3.05, 3.63) is 40.6 Å². The lowest BCUT2D eigenvalue weighted by Crippen LogP contribution is -2.00. The molecule has 0 bridgehead atoms. The third kappa shape index (κ3) is 2.53. The summed E-state index contributed by atoms with van der Waals surface area (Å²) in [5.74, 6) is 0. The fourth-order valence-electron chi connectivity index (χ4n) is 1.50. The number of benzene rings is 1. The van der Waals surface area contributed by atoms with Crippen molar-refractivity contribution >= 4 is 35.7 Å². The molecule has 0 saturated heterocycles. The lowest BCUT2D eigenvalue weighted by Gasteiger charge is -2.04. The van der Waals surface area contributed by atoms with E-state index in [1.54, 1.807) is 6.92 Å². The maximum atomic E-state index is 11.3. The predicted octanol–water partition coefficient (Wildman–Crippen LogP) is 2.87. The molecule has 0 aliphatic carbocycles. The molecule has 0 radical (unpaired) electrons. The second-order valence-electron chi connectivity index (χ2n) is 3.42. The minimum Gasteiger partial charge on any atom is -0.237 e. The summed E-state index contributed by atoms with van der Waals surface area (Å²) in [5.41, 5.74) is 1.25. The van der Waals surface area contributed by atoms with Gasteiger partial charge in [-0.05, 0) is 25.1 Å². The van der Waals surface area contributed by atoms with Crippen molar-refractivity contribution in [2.75, 3.05) is 0 Å². The van der Waals surface area contributed by atoms with Crippen LogP contribution in [0.4, 0.5) is 0 Å². The first kappa shape index (κ1) is 12.6. The van der Waals surface area contributed by atoms with Gasteiger partial charge < -0.3 is 0 Å². The molecule has 0 aliphatic heterocycles. The lowest BCUT2D eigenvalue weighted by molar-refractivity contribution is 0.609. The molecule has 0 amide bonds. The number of hydrogen-bond acceptors (Lipinski definition) is 3. The van der Waals surface area contributed by atoms with Crippen LogP contribution in [0.15, 0.2) is 39.8 Å². The minimum absolute atomic E-state index is 0.0270. The van der Waals surface area contributed by atoms with Gasteiger partial charge in [-0.25, -0.2) is 13.1 Å². The van der Waals surface area contributed by atoms with Gasteiger partial charge in [-0.3, -0.25) is 0 Å². The average Bonchev–Trinajstić information content (AvgIpc) is 2.59. The van der Waals surface area contributed by atoms with Gasteiger partial charge in [0.1, 0.15) is 4.90 Å². The molecule has 0 atom stereocenters. The smallest absolute Gasteiger partial charge is 0.237 e. The third-order valence-corrected chi connectivity index (χ3v) is 4.20. The Labute approximate surface area is 112 Å². The second-order valence-corrected chi connectivity index (χ2v) is 6.87. The molecule has 2 aromatic rings. The molecule has 0 spiro atoms. The van der Waals surface area contributed by atoms with E-state index in [1.807, 2.05) is 24.3 Å². The Kier molecular flexibility index (Phi) is 3.29. The van der Waals surface area contributed by atoms with Crippen LogP contribution in [0.3, 0.4) is 0 Å². The average molecular weight is 336 g/mol. The van der Waals surface area contributed by atoms with E-state index in [1.165, 1.54) is 10.9 Å². The van der Waals surface area contributed by atoms with Gasteiger partial charge >= 0.3 is 0 Å². The maximum absolute atomic E-state index is 11.3. The van der Waals surface area contributed by atoms with Crippen LogP contribution in [0.5, 0.6) is 0 Å². The molecule has 0 aliphatic rings. The summed E-state index contributed by atoms with van der Waals surface area (Å²) >= 11 is 3.34. The van der Waals surface area contributed by atoms with E-state index in [-0.39, 0.29) is 4.90 Å². The Morgan fingerprint density at radius 1 is 1.41 bits per heavy atom. The first-order chi connectivity index (χ1) is 7.89. The zero-order chi connectivity index (χ0) is 12.6. The van der Waals surface area contributed by atoms with Gasteiger partial charge in [-0.1, -0.05) is 22.0 Å². The molecule has 90 valence electrons.